The second-order valence-electron chi connectivity index (χ2n) is 9.97. The second-order valence-corrected chi connectivity index (χ2v) is 9.97. The first-order valence-corrected chi connectivity index (χ1v) is 12.9. The molecule has 0 unspecified atom stereocenters. The number of benzene rings is 3. The number of rotatable bonds is 8. The van der Waals surface area contributed by atoms with E-state index in [-0.39, 0.29) is 11.8 Å². The molecule has 1 aromatic heterocycles. The normalized spacial score (nSPS) is 13.7. The molecule has 2 amide bonds. The highest BCUT2D eigenvalue weighted by Gasteiger charge is 2.29. The number of H-pyrrole nitrogens is 1. The number of likely N-dealkylation sites (N-methyl/N-ethyl adjacent to an activating group) is 2. The number of esters is 1. The van der Waals surface area contributed by atoms with Crippen LogP contribution >= 0.6 is 0 Å². The standard InChI is InChI=1S/C31H31N5O4/c1-35(2)15-16-36(3)30(38)19-5-9-23(10-6-19)33-28(21-8-12-25-20(17-21)13-14-32-25)27-24-11-7-22(31(39)40-4)18-26(24)34-29(27)37/h5-14,17-18,32-33H,15-16H2,1-4H3,(H,34,37)/b28-27-. The number of methoxy groups -OCH3 is 1. The summed E-state index contributed by atoms with van der Waals surface area (Å²) in [5, 5.41) is 7.32. The van der Waals surface area contributed by atoms with Gasteiger partial charge in [0, 0.05) is 54.1 Å². The van der Waals surface area contributed by atoms with Crippen molar-refractivity contribution in [2.24, 2.45) is 0 Å². The number of nitrogens with one attached hydrogen (secondary N) is 3. The van der Waals surface area contributed by atoms with Gasteiger partial charge in [-0.25, -0.2) is 4.79 Å². The van der Waals surface area contributed by atoms with Gasteiger partial charge in [0.25, 0.3) is 11.8 Å². The van der Waals surface area contributed by atoms with Gasteiger partial charge in [-0.2, -0.15) is 0 Å². The van der Waals surface area contributed by atoms with Crippen molar-refractivity contribution < 1.29 is 19.1 Å². The van der Waals surface area contributed by atoms with Crippen LogP contribution in [-0.4, -0.2) is 73.9 Å². The molecule has 0 aliphatic carbocycles. The van der Waals surface area contributed by atoms with Gasteiger partial charge in [-0.05, 0) is 74.3 Å². The molecule has 5 rings (SSSR count). The zero-order valence-corrected chi connectivity index (χ0v) is 22.9. The number of carbonyl (C=O) groups excluding carboxylic acids is 3. The van der Waals surface area contributed by atoms with Crippen molar-refractivity contribution in [1.82, 2.24) is 14.8 Å². The van der Waals surface area contributed by atoms with E-state index >= 15 is 0 Å². The number of ether oxygens (including phenoxy) is 1. The maximum atomic E-state index is 13.3. The van der Waals surface area contributed by atoms with Crippen molar-refractivity contribution >= 4 is 51.3 Å². The summed E-state index contributed by atoms with van der Waals surface area (Å²) in [4.78, 5) is 45.2. The largest absolute Gasteiger partial charge is 0.465 e. The van der Waals surface area contributed by atoms with Crippen LogP contribution in [0, 0.1) is 0 Å². The first-order valence-electron chi connectivity index (χ1n) is 12.9. The van der Waals surface area contributed by atoms with E-state index in [9.17, 15) is 14.4 Å². The summed E-state index contributed by atoms with van der Waals surface area (Å²) in [6.07, 6.45) is 1.87. The lowest BCUT2D eigenvalue weighted by molar-refractivity contribution is -0.110. The molecule has 1 aliphatic rings. The van der Waals surface area contributed by atoms with Gasteiger partial charge in [0.05, 0.1) is 29.6 Å². The van der Waals surface area contributed by atoms with E-state index in [1.54, 1.807) is 42.3 Å². The lowest BCUT2D eigenvalue weighted by Crippen LogP contribution is -2.33. The summed E-state index contributed by atoms with van der Waals surface area (Å²) in [7, 11) is 7.05. The Morgan fingerprint density at radius 1 is 0.875 bits per heavy atom. The molecule has 2 heterocycles. The van der Waals surface area contributed by atoms with E-state index in [4.69, 9.17) is 4.74 Å². The fourth-order valence-electron chi connectivity index (χ4n) is 4.67. The van der Waals surface area contributed by atoms with Crippen molar-refractivity contribution in [3.8, 4) is 0 Å². The number of carbonyl (C=O) groups is 3. The molecule has 0 bridgehead atoms. The molecule has 204 valence electrons. The number of hydrogen-bond donors (Lipinski definition) is 3. The Bertz CT molecular complexity index is 1640. The van der Waals surface area contributed by atoms with Crippen LogP contribution in [0.5, 0.6) is 0 Å². The monoisotopic (exact) mass is 537 g/mol. The summed E-state index contributed by atoms with van der Waals surface area (Å²) in [5.41, 5.74) is 5.69. The second kappa shape index (κ2) is 11.1. The lowest BCUT2D eigenvalue weighted by atomic mass is 9.98. The third kappa shape index (κ3) is 5.32. The van der Waals surface area contributed by atoms with Crippen LogP contribution < -0.4 is 10.6 Å². The van der Waals surface area contributed by atoms with Crippen LogP contribution in [0.4, 0.5) is 11.4 Å². The van der Waals surface area contributed by atoms with Crippen molar-refractivity contribution in [2.45, 2.75) is 0 Å². The molecule has 0 saturated carbocycles. The van der Waals surface area contributed by atoms with Gasteiger partial charge < -0.3 is 30.2 Å². The van der Waals surface area contributed by atoms with E-state index < -0.39 is 5.97 Å². The molecule has 4 aromatic rings. The van der Waals surface area contributed by atoms with Gasteiger partial charge in [0.15, 0.2) is 0 Å². The Labute approximate surface area is 232 Å². The maximum absolute atomic E-state index is 13.3. The Morgan fingerprint density at radius 3 is 2.33 bits per heavy atom. The topological polar surface area (TPSA) is 107 Å². The number of hydrogen-bond acceptors (Lipinski definition) is 6. The molecule has 0 fully saturated rings. The highest BCUT2D eigenvalue weighted by molar-refractivity contribution is 6.37. The van der Waals surface area contributed by atoms with Gasteiger partial charge in [0.2, 0.25) is 0 Å². The van der Waals surface area contributed by atoms with E-state index in [2.05, 4.69) is 15.6 Å². The number of amides is 2. The van der Waals surface area contributed by atoms with Crippen molar-refractivity contribution in [2.75, 3.05) is 52.0 Å². The third-order valence-corrected chi connectivity index (χ3v) is 6.91. The number of fused-ring (bicyclic) bond motifs is 2. The van der Waals surface area contributed by atoms with E-state index in [0.29, 0.717) is 40.2 Å². The van der Waals surface area contributed by atoms with E-state index in [1.165, 1.54) is 7.11 Å². The molecule has 3 N–H and O–H groups in total. The fourth-order valence-corrected chi connectivity index (χ4v) is 4.67. The minimum Gasteiger partial charge on any atom is -0.465 e. The molecule has 40 heavy (non-hydrogen) atoms. The molecular weight excluding hydrogens is 506 g/mol. The molecule has 3 aromatic carbocycles. The first kappa shape index (κ1) is 26.7. The van der Waals surface area contributed by atoms with Gasteiger partial charge >= 0.3 is 5.97 Å². The Balaban J connectivity index is 1.53. The van der Waals surface area contributed by atoms with Gasteiger partial charge in [-0.15, -0.1) is 0 Å². The first-order chi connectivity index (χ1) is 19.2. The molecule has 0 atom stereocenters. The maximum Gasteiger partial charge on any atom is 0.337 e. The highest BCUT2D eigenvalue weighted by Crippen LogP contribution is 2.38. The van der Waals surface area contributed by atoms with Gasteiger partial charge in [-0.3, -0.25) is 9.59 Å². The van der Waals surface area contributed by atoms with Crippen LogP contribution in [0.15, 0.2) is 72.9 Å². The quantitative estimate of drug-likeness (QED) is 0.225. The van der Waals surface area contributed by atoms with E-state index in [1.807, 2.05) is 61.6 Å². The predicted octanol–water partition coefficient (Wildman–Crippen LogP) is 4.52. The van der Waals surface area contributed by atoms with Crippen molar-refractivity contribution in [1.29, 1.82) is 0 Å². The Morgan fingerprint density at radius 2 is 1.60 bits per heavy atom. The van der Waals surface area contributed by atoms with E-state index in [0.717, 1.165) is 28.7 Å². The predicted molar refractivity (Wildman–Crippen MR) is 157 cm³/mol. The number of anilines is 2. The van der Waals surface area contributed by atoms with Crippen LogP contribution in [0.1, 0.15) is 31.8 Å². The minimum absolute atomic E-state index is 0.0598. The van der Waals surface area contributed by atoms with Crippen LogP contribution in [0.3, 0.4) is 0 Å². The third-order valence-electron chi connectivity index (χ3n) is 6.91. The van der Waals surface area contributed by atoms with Crippen molar-refractivity contribution in [3.05, 3.63) is 95.2 Å². The number of aromatic nitrogens is 1. The number of aromatic amines is 1. The Kier molecular flexibility index (Phi) is 7.39. The molecule has 0 radical (unpaired) electrons. The lowest BCUT2D eigenvalue weighted by Gasteiger charge is -2.20. The summed E-state index contributed by atoms with van der Waals surface area (Å²) in [6.45, 7) is 1.39. The van der Waals surface area contributed by atoms with Crippen LogP contribution in [0.25, 0.3) is 22.2 Å². The zero-order valence-electron chi connectivity index (χ0n) is 22.9. The minimum atomic E-state index is -0.479. The van der Waals surface area contributed by atoms with Crippen LogP contribution in [0.2, 0.25) is 0 Å². The summed E-state index contributed by atoms with van der Waals surface area (Å²) < 4.78 is 4.84. The Hall–Kier alpha value is -4.89. The average Bonchev–Trinajstić information content (AvgIpc) is 3.56. The number of nitrogens with zero attached hydrogens (tertiary/aromatic N) is 2. The average molecular weight is 538 g/mol. The molecule has 9 nitrogen and oxygen atoms in total. The van der Waals surface area contributed by atoms with Gasteiger partial charge in [0.1, 0.15) is 0 Å². The fraction of sp³-hybridized carbons (Fsp3) is 0.194. The van der Waals surface area contributed by atoms with Gasteiger partial charge in [-0.1, -0.05) is 12.1 Å². The van der Waals surface area contributed by atoms with Crippen LogP contribution in [-0.2, 0) is 9.53 Å². The smallest absolute Gasteiger partial charge is 0.337 e. The molecule has 0 saturated heterocycles. The summed E-state index contributed by atoms with van der Waals surface area (Å²) in [6, 6.07) is 20.1. The zero-order chi connectivity index (χ0) is 28.4. The van der Waals surface area contributed by atoms with Crippen molar-refractivity contribution in [3.63, 3.8) is 0 Å². The highest BCUT2D eigenvalue weighted by atomic mass is 16.5. The SMILES string of the molecule is COC(=O)c1ccc2c(c1)NC(=O)/C2=C(\Nc1ccc(C(=O)N(C)CCN(C)C)cc1)c1ccc2[nH]ccc2c1. The molecule has 0 spiro atoms. The summed E-state index contributed by atoms with van der Waals surface area (Å²) in [5.74, 6) is -0.828. The molecular formula is C31H31N5O4. The molecule has 1 aliphatic heterocycles. The molecule has 9 heteroatoms. The summed E-state index contributed by atoms with van der Waals surface area (Å²) >= 11 is 0.